The fraction of sp³-hybridized carbons (Fsp3) is 0.462. The smallest absolute Gasteiger partial charge is 0.354 e. The molecule has 6 nitrogen and oxygen atoms in total. The Bertz CT molecular complexity index is 513. The minimum atomic E-state index is -1.14. The summed E-state index contributed by atoms with van der Waals surface area (Å²) >= 11 is 0. The van der Waals surface area contributed by atoms with E-state index in [1.54, 1.807) is 4.90 Å². The zero-order valence-electron chi connectivity index (χ0n) is 10.9. The third-order valence-corrected chi connectivity index (χ3v) is 3.08. The Balaban J connectivity index is 2.28. The molecule has 0 aliphatic carbocycles. The summed E-state index contributed by atoms with van der Waals surface area (Å²) in [5, 5.41) is 8.90. The Morgan fingerprint density at radius 2 is 2.05 bits per heavy atom. The Kier molecular flexibility index (Phi) is 3.53. The molecule has 2 rings (SSSR count). The van der Waals surface area contributed by atoms with E-state index < -0.39 is 11.5 Å². The molecule has 0 bridgehead atoms. The minimum absolute atomic E-state index is 0.128. The van der Waals surface area contributed by atoms with Crippen LogP contribution in [0.5, 0.6) is 0 Å². The first-order chi connectivity index (χ1) is 8.92. The molecule has 2 heterocycles. The molecular weight excluding hydrogens is 248 g/mol. The number of aromatic carboxylic acids is 1. The highest BCUT2D eigenvalue weighted by atomic mass is 16.5. The van der Waals surface area contributed by atoms with E-state index in [-0.39, 0.29) is 17.3 Å². The molecule has 0 saturated carbocycles. The third-order valence-electron chi connectivity index (χ3n) is 3.08. The summed E-state index contributed by atoms with van der Waals surface area (Å²) in [6.07, 6.45) is 0. The van der Waals surface area contributed by atoms with Crippen LogP contribution < -0.4 is 0 Å². The molecule has 1 fully saturated rings. The van der Waals surface area contributed by atoms with Crippen molar-refractivity contribution in [2.75, 3.05) is 19.8 Å². The van der Waals surface area contributed by atoms with Gasteiger partial charge in [0.25, 0.3) is 5.91 Å². The van der Waals surface area contributed by atoms with Crippen LogP contribution in [0.3, 0.4) is 0 Å². The summed E-state index contributed by atoms with van der Waals surface area (Å²) in [4.78, 5) is 28.8. The highest BCUT2D eigenvalue weighted by Gasteiger charge is 2.35. The first-order valence-corrected chi connectivity index (χ1v) is 6.02. The Labute approximate surface area is 111 Å². The number of carboxylic acid groups (broad SMARTS) is 1. The van der Waals surface area contributed by atoms with Crippen LogP contribution in [0, 0.1) is 0 Å². The van der Waals surface area contributed by atoms with Crippen molar-refractivity contribution < 1.29 is 19.4 Å². The molecule has 1 amide bonds. The van der Waals surface area contributed by atoms with Gasteiger partial charge in [-0.1, -0.05) is 6.07 Å². The van der Waals surface area contributed by atoms with Gasteiger partial charge in [-0.15, -0.1) is 0 Å². The van der Waals surface area contributed by atoms with Crippen molar-refractivity contribution in [3.8, 4) is 0 Å². The van der Waals surface area contributed by atoms with Gasteiger partial charge in [0, 0.05) is 6.54 Å². The van der Waals surface area contributed by atoms with Crippen molar-refractivity contribution in [3.05, 3.63) is 29.6 Å². The number of rotatable bonds is 2. The average Bonchev–Trinajstić information content (AvgIpc) is 2.37. The van der Waals surface area contributed by atoms with Crippen molar-refractivity contribution in [2.45, 2.75) is 19.4 Å². The average molecular weight is 264 g/mol. The number of pyridine rings is 1. The molecule has 102 valence electrons. The predicted octanol–water partition coefficient (Wildman–Crippen LogP) is 1.03. The lowest BCUT2D eigenvalue weighted by Crippen LogP contribution is -2.55. The Morgan fingerprint density at radius 3 is 2.68 bits per heavy atom. The normalized spacial score (nSPS) is 18.1. The van der Waals surface area contributed by atoms with Crippen LogP contribution in [-0.4, -0.2) is 52.2 Å². The van der Waals surface area contributed by atoms with Crippen molar-refractivity contribution in [3.63, 3.8) is 0 Å². The maximum Gasteiger partial charge on any atom is 0.354 e. The predicted molar refractivity (Wildman–Crippen MR) is 67.1 cm³/mol. The van der Waals surface area contributed by atoms with E-state index in [2.05, 4.69) is 4.98 Å². The number of carbonyl (C=O) groups excluding carboxylic acids is 1. The van der Waals surface area contributed by atoms with E-state index >= 15 is 0 Å². The molecule has 1 aromatic rings. The number of carbonyl (C=O) groups is 2. The molecule has 1 saturated heterocycles. The Morgan fingerprint density at radius 1 is 1.37 bits per heavy atom. The zero-order valence-corrected chi connectivity index (χ0v) is 10.9. The molecule has 0 radical (unpaired) electrons. The first-order valence-electron chi connectivity index (χ1n) is 6.02. The van der Waals surface area contributed by atoms with Crippen LogP contribution >= 0.6 is 0 Å². The number of nitrogens with zero attached hydrogens (tertiary/aromatic N) is 2. The Hall–Kier alpha value is -1.95. The van der Waals surface area contributed by atoms with Gasteiger partial charge in [-0.2, -0.15) is 0 Å². The summed E-state index contributed by atoms with van der Waals surface area (Å²) in [5.74, 6) is -1.41. The van der Waals surface area contributed by atoms with Gasteiger partial charge >= 0.3 is 5.97 Å². The molecule has 6 heteroatoms. The highest BCUT2D eigenvalue weighted by molar-refractivity contribution is 5.94. The fourth-order valence-electron chi connectivity index (χ4n) is 2.05. The van der Waals surface area contributed by atoms with Gasteiger partial charge in [0.05, 0.1) is 18.8 Å². The van der Waals surface area contributed by atoms with E-state index in [1.807, 2.05) is 13.8 Å². The maximum absolute atomic E-state index is 12.4. The molecular formula is C13H16N2O4. The van der Waals surface area contributed by atoms with Gasteiger partial charge in [-0.3, -0.25) is 4.79 Å². The number of aromatic nitrogens is 1. The summed E-state index contributed by atoms with van der Waals surface area (Å²) in [5.41, 5.74) is -0.400. The largest absolute Gasteiger partial charge is 0.477 e. The maximum atomic E-state index is 12.4. The van der Waals surface area contributed by atoms with Gasteiger partial charge in [-0.05, 0) is 26.0 Å². The minimum Gasteiger partial charge on any atom is -0.477 e. The second kappa shape index (κ2) is 4.97. The molecule has 1 aromatic heterocycles. The monoisotopic (exact) mass is 264 g/mol. The van der Waals surface area contributed by atoms with Gasteiger partial charge in [-0.25, -0.2) is 9.78 Å². The third kappa shape index (κ3) is 2.73. The molecule has 0 atom stereocenters. The summed E-state index contributed by atoms with van der Waals surface area (Å²) in [7, 11) is 0. The van der Waals surface area contributed by atoms with Crippen LogP contribution in [0.1, 0.15) is 34.8 Å². The molecule has 0 aromatic carbocycles. The number of carboxylic acids is 1. The SMILES string of the molecule is CC1(C)COCCN1C(=O)c1cccc(C(=O)O)n1. The van der Waals surface area contributed by atoms with Crippen LogP contribution in [0.2, 0.25) is 0 Å². The molecule has 0 spiro atoms. The lowest BCUT2D eigenvalue weighted by Gasteiger charge is -2.41. The van der Waals surface area contributed by atoms with Crippen LogP contribution in [-0.2, 0) is 4.74 Å². The van der Waals surface area contributed by atoms with E-state index in [0.29, 0.717) is 19.8 Å². The van der Waals surface area contributed by atoms with Crippen molar-refractivity contribution in [1.29, 1.82) is 0 Å². The number of morpholine rings is 1. The summed E-state index contributed by atoms with van der Waals surface area (Å²) < 4.78 is 5.35. The first kappa shape index (κ1) is 13.5. The number of hydrogen-bond acceptors (Lipinski definition) is 4. The van der Waals surface area contributed by atoms with Crippen molar-refractivity contribution >= 4 is 11.9 Å². The quantitative estimate of drug-likeness (QED) is 0.863. The van der Waals surface area contributed by atoms with Gasteiger partial charge in [0.2, 0.25) is 0 Å². The molecule has 0 unspecified atom stereocenters. The lowest BCUT2D eigenvalue weighted by molar-refractivity contribution is -0.0373. The number of amides is 1. The molecule has 1 N–H and O–H groups in total. The molecule has 1 aliphatic heterocycles. The van der Waals surface area contributed by atoms with Gasteiger partial charge in [0.1, 0.15) is 11.4 Å². The van der Waals surface area contributed by atoms with Crippen LogP contribution in [0.25, 0.3) is 0 Å². The topological polar surface area (TPSA) is 79.7 Å². The fourth-order valence-corrected chi connectivity index (χ4v) is 2.05. The summed E-state index contributed by atoms with van der Waals surface area (Å²) in [6, 6.07) is 4.42. The van der Waals surface area contributed by atoms with Crippen LogP contribution in [0.15, 0.2) is 18.2 Å². The van der Waals surface area contributed by atoms with Crippen LogP contribution in [0.4, 0.5) is 0 Å². The van der Waals surface area contributed by atoms with E-state index in [4.69, 9.17) is 9.84 Å². The van der Waals surface area contributed by atoms with Gasteiger partial charge in [0.15, 0.2) is 0 Å². The highest BCUT2D eigenvalue weighted by Crippen LogP contribution is 2.21. The second-order valence-electron chi connectivity index (χ2n) is 5.04. The second-order valence-corrected chi connectivity index (χ2v) is 5.04. The van der Waals surface area contributed by atoms with Gasteiger partial charge < -0.3 is 14.7 Å². The van der Waals surface area contributed by atoms with Crippen molar-refractivity contribution in [2.24, 2.45) is 0 Å². The van der Waals surface area contributed by atoms with E-state index in [9.17, 15) is 9.59 Å². The zero-order chi connectivity index (χ0) is 14.0. The van der Waals surface area contributed by atoms with Crippen molar-refractivity contribution in [1.82, 2.24) is 9.88 Å². The van der Waals surface area contributed by atoms with E-state index in [1.165, 1.54) is 18.2 Å². The standard InChI is InChI=1S/C13H16N2O4/c1-13(2)8-19-7-6-15(13)11(16)9-4-3-5-10(14-9)12(17)18/h3-5H,6-8H2,1-2H3,(H,17,18). The lowest BCUT2D eigenvalue weighted by atomic mass is 10.0. The number of hydrogen-bond donors (Lipinski definition) is 1. The molecule has 1 aliphatic rings. The summed E-state index contributed by atoms with van der Waals surface area (Å²) in [6.45, 7) is 5.23. The molecule has 19 heavy (non-hydrogen) atoms. The number of ether oxygens (including phenoxy) is 1. The van der Waals surface area contributed by atoms with E-state index in [0.717, 1.165) is 0 Å².